The molecule has 0 bridgehead atoms. The number of rotatable bonds is 7. The van der Waals surface area contributed by atoms with Gasteiger partial charge in [0.25, 0.3) is 0 Å². The van der Waals surface area contributed by atoms with E-state index in [1.165, 1.54) is 12.1 Å². The number of hydrogen-bond acceptors (Lipinski definition) is 5. The van der Waals surface area contributed by atoms with E-state index in [0.717, 1.165) is 36.7 Å². The van der Waals surface area contributed by atoms with Gasteiger partial charge in [0, 0.05) is 42.8 Å². The first-order valence-corrected chi connectivity index (χ1v) is 12.7. The zero-order valence-electron chi connectivity index (χ0n) is 17.3. The van der Waals surface area contributed by atoms with Gasteiger partial charge in [0.15, 0.2) is 0 Å². The molecule has 0 aliphatic carbocycles. The molecule has 2 heterocycles. The van der Waals surface area contributed by atoms with E-state index in [0.29, 0.717) is 0 Å². The van der Waals surface area contributed by atoms with Gasteiger partial charge in [0.2, 0.25) is 10.0 Å². The van der Waals surface area contributed by atoms with E-state index >= 15 is 0 Å². The topological polar surface area (TPSA) is 52.7 Å². The van der Waals surface area contributed by atoms with Crippen LogP contribution in [0.5, 0.6) is 0 Å². The van der Waals surface area contributed by atoms with Crippen molar-refractivity contribution in [2.45, 2.75) is 23.9 Å². The van der Waals surface area contributed by atoms with Crippen LogP contribution >= 0.6 is 11.3 Å². The van der Waals surface area contributed by atoms with Gasteiger partial charge in [-0.25, -0.2) is 17.5 Å². The van der Waals surface area contributed by atoms with Crippen molar-refractivity contribution in [3.05, 3.63) is 82.8 Å². The predicted molar refractivity (Wildman–Crippen MR) is 123 cm³/mol. The molecule has 2 atom stereocenters. The van der Waals surface area contributed by atoms with E-state index in [2.05, 4.69) is 20.6 Å². The van der Waals surface area contributed by atoms with Crippen molar-refractivity contribution in [2.75, 3.05) is 31.1 Å². The minimum atomic E-state index is -3.61. The number of thiophene rings is 1. The molecule has 5 nitrogen and oxygen atoms in total. The number of nitrogens with one attached hydrogen (secondary N) is 1. The second-order valence-corrected chi connectivity index (χ2v) is 10.4. The first kappa shape index (κ1) is 22.0. The Labute approximate surface area is 187 Å². The number of sulfonamides is 1. The molecule has 1 N–H and O–H groups in total. The van der Waals surface area contributed by atoms with Crippen LogP contribution < -0.4 is 9.62 Å². The van der Waals surface area contributed by atoms with E-state index in [-0.39, 0.29) is 22.8 Å². The highest BCUT2D eigenvalue weighted by Crippen LogP contribution is 2.31. The molecule has 1 aliphatic rings. The molecule has 1 aliphatic heterocycles. The number of nitrogens with zero attached hydrogens (tertiary/aromatic N) is 2. The molecule has 1 aromatic heterocycles. The minimum absolute atomic E-state index is 0.0612. The lowest BCUT2D eigenvalue weighted by atomic mass is 10.1. The molecule has 31 heavy (non-hydrogen) atoms. The summed E-state index contributed by atoms with van der Waals surface area (Å²) in [6.45, 7) is 5.10. The van der Waals surface area contributed by atoms with E-state index in [1.54, 1.807) is 53.8 Å². The van der Waals surface area contributed by atoms with Crippen LogP contribution in [0.25, 0.3) is 0 Å². The molecule has 2 aromatic carbocycles. The highest BCUT2D eigenvalue weighted by atomic mass is 32.2. The quantitative estimate of drug-likeness (QED) is 0.578. The van der Waals surface area contributed by atoms with E-state index in [1.807, 2.05) is 18.4 Å². The normalized spacial score (nSPS) is 17.4. The summed E-state index contributed by atoms with van der Waals surface area (Å²) in [5, 5.41) is 2.02. The fourth-order valence-corrected chi connectivity index (χ4v) is 6.32. The first-order chi connectivity index (χ1) is 14.9. The van der Waals surface area contributed by atoms with Gasteiger partial charge in [-0.2, -0.15) is 0 Å². The lowest BCUT2D eigenvalue weighted by Crippen LogP contribution is -2.52. The lowest BCUT2D eigenvalue weighted by molar-refractivity contribution is 0.164. The Bertz CT molecular complexity index is 1070. The van der Waals surface area contributed by atoms with E-state index in [9.17, 15) is 12.8 Å². The van der Waals surface area contributed by atoms with Crippen LogP contribution in [0.4, 0.5) is 10.1 Å². The van der Waals surface area contributed by atoms with Gasteiger partial charge >= 0.3 is 0 Å². The average molecular weight is 460 g/mol. The van der Waals surface area contributed by atoms with Crippen molar-refractivity contribution in [3.63, 3.8) is 0 Å². The van der Waals surface area contributed by atoms with Gasteiger partial charge in [-0.1, -0.05) is 24.3 Å². The zero-order valence-corrected chi connectivity index (χ0v) is 18.9. The number of benzene rings is 2. The molecular weight excluding hydrogens is 433 g/mol. The van der Waals surface area contributed by atoms with Gasteiger partial charge in [0.1, 0.15) is 5.82 Å². The lowest BCUT2D eigenvalue weighted by Gasteiger charge is -2.42. The Kier molecular flexibility index (Phi) is 6.71. The molecule has 8 heteroatoms. The van der Waals surface area contributed by atoms with Crippen LogP contribution in [-0.4, -0.2) is 45.5 Å². The molecule has 0 spiro atoms. The molecule has 0 saturated carbocycles. The highest BCUT2D eigenvalue weighted by molar-refractivity contribution is 7.89. The third-order valence-electron chi connectivity index (χ3n) is 5.60. The largest absolute Gasteiger partial charge is 0.369 e. The molecule has 4 rings (SSSR count). The first-order valence-electron chi connectivity index (χ1n) is 10.3. The summed E-state index contributed by atoms with van der Waals surface area (Å²) >= 11 is 1.64. The van der Waals surface area contributed by atoms with Crippen LogP contribution in [0.2, 0.25) is 0 Å². The van der Waals surface area contributed by atoms with Crippen molar-refractivity contribution in [1.29, 1.82) is 0 Å². The van der Waals surface area contributed by atoms with Gasteiger partial charge in [0.05, 0.1) is 10.9 Å². The summed E-state index contributed by atoms with van der Waals surface area (Å²) in [6, 6.07) is 18.7. The molecule has 3 aromatic rings. The van der Waals surface area contributed by atoms with Crippen LogP contribution in [0, 0.1) is 5.82 Å². The average Bonchev–Trinajstić information content (AvgIpc) is 3.30. The maximum Gasteiger partial charge on any atom is 0.240 e. The number of piperazine rings is 1. The van der Waals surface area contributed by atoms with Crippen molar-refractivity contribution < 1.29 is 12.8 Å². The summed E-state index contributed by atoms with van der Waals surface area (Å²) in [5.41, 5.74) is 1.01. The number of anilines is 1. The maximum absolute atomic E-state index is 13.2. The Morgan fingerprint density at radius 1 is 0.935 bits per heavy atom. The molecule has 1 saturated heterocycles. The fourth-order valence-electron chi connectivity index (χ4n) is 4.09. The second kappa shape index (κ2) is 9.48. The Morgan fingerprint density at radius 2 is 1.61 bits per heavy atom. The maximum atomic E-state index is 13.2. The SMILES string of the molecule is C[C@H](NS(=O)(=O)c1ccccc1)[C@@H](c1cccs1)N1CCN(c2ccc(F)cc2)CC1. The number of halogens is 1. The molecule has 1 fully saturated rings. The minimum Gasteiger partial charge on any atom is -0.369 e. The summed E-state index contributed by atoms with van der Waals surface area (Å²) < 4.78 is 41.9. The van der Waals surface area contributed by atoms with Crippen molar-refractivity contribution in [1.82, 2.24) is 9.62 Å². The zero-order chi connectivity index (χ0) is 21.8. The van der Waals surface area contributed by atoms with Crippen molar-refractivity contribution in [2.24, 2.45) is 0 Å². The molecular formula is C23H26FN3O2S2. The van der Waals surface area contributed by atoms with Crippen LogP contribution in [-0.2, 0) is 10.0 Å². The standard InChI is InChI=1S/C23H26FN3O2S2/c1-18(25-31(28,29)21-6-3-2-4-7-21)23(22-8-5-17-30-22)27-15-13-26(14-16-27)20-11-9-19(24)10-12-20/h2-12,17-18,23,25H,13-16H2,1H3/t18-,23-/m0/s1. The summed E-state index contributed by atoms with van der Waals surface area (Å²) in [6.07, 6.45) is 0. The third-order valence-corrected chi connectivity index (χ3v) is 8.12. The van der Waals surface area contributed by atoms with Crippen LogP contribution in [0.15, 0.2) is 77.0 Å². The predicted octanol–water partition coefficient (Wildman–Crippen LogP) is 4.12. The third kappa shape index (κ3) is 5.15. The Morgan fingerprint density at radius 3 is 2.23 bits per heavy atom. The second-order valence-electron chi connectivity index (χ2n) is 7.68. The molecule has 0 unspecified atom stereocenters. The smallest absolute Gasteiger partial charge is 0.240 e. The fraction of sp³-hybridized carbons (Fsp3) is 0.304. The van der Waals surface area contributed by atoms with Gasteiger partial charge in [-0.3, -0.25) is 4.90 Å². The monoisotopic (exact) mass is 459 g/mol. The number of hydrogen-bond donors (Lipinski definition) is 1. The van der Waals surface area contributed by atoms with Crippen LogP contribution in [0.3, 0.4) is 0 Å². The summed E-state index contributed by atoms with van der Waals surface area (Å²) in [4.78, 5) is 5.98. The van der Waals surface area contributed by atoms with Crippen molar-refractivity contribution >= 4 is 27.0 Å². The Hall–Kier alpha value is -2.26. The molecule has 164 valence electrons. The summed E-state index contributed by atoms with van der Waals surface area (Å²) in [7, 11) is -3.61. The van der Waals surface area contributed by atoms with Crippen molar-refractivity contribution in [3.8, 4) is 0 Å². The van der Waals surface area contributed by atoms with Crippen LogP contribution in [0.1, 0.15) is 17.8 Å². The van der Waals surface area contributed by atoms with Gasteiger partial charge < -0.3 is 4.90 Å². The molecule has 0 radical (unpaired) electrons. The molecule has 0 amide bonds. The highest BCUT2D eigenvalue weighted by Gasteiger charge is 2.32. The summed E-state index contributed by atoms with van der Waals surface area (Å²) in [5.74, 6) is -0.236. The van der Waals surface area contributed by atoms with Gasteiger partial charge in [-0.05, 0) is 54.8 Å². The Balaban J connectivity index is 1.49. The van der Waals surface area contributed by atoms with E-state index in [4.69, 9.17) is 0 Å². The van der Waals surface area contributed by atoms with E-state index < -0.39 is 10.0 Å². The van der Waals surface area contributed by atoms with Gasteiger partial charge in [-0.15, -0.1) is 11.3 Å².